The maximum atomic E-state index is 13.4. The molecule has 0 aromatic heterocycles. The van der Waals surface area contributed by atoms with E-state index in [1.54, 1.807) is 29.2 Å². The topological polar surface area (TPSA) is 57.7 Å². The number of amides is 3. The molecule has 146 valence electrons. The van der Waals surface area contributed by atoms with Gasteiger partial charge in [-0.3, -0.25) is 14.4 Å². The van der Waals surface area contributed by atoms with Gasteiger partial charge in [0.1, 0.15) is 6.04 Å². The highest BCUT2D eigenvalue weighted by Crippen LogP contribution is 2.31. The number of hydrogen-bond donors (Lipinski definition) is 0. The predicted molar refractivity (Wildman–Crippen MR) is 117 cm³/mol. The molecule has 1 aliphatic heterocycles. The van der Waals surface area contributed by atoms with Crippen LogP contribution in [0.15, 0.2) is 48.5 Å². The summed E-state index contributed by atoms with van der Waals surface area (Å²) in [4.78, 5) is 42.1. The monoisotopic (exact) mass is 490 g/mol. The number of carbonyl (C=O) groups excluding carboxylic acids is 3. The Kier molecular flexibility index (Phi) is 5.61. The maximum absolute atomic E-state index is 13.4. The van der Waals surface area contributed by atoms with Crippen LogP contribution in [0.5, 0.6) is 0 Å². The van der Waals surface area contributed by atoms with E-state index in [0.717, 1.165) is 9.13 Å². The van der Waals surface area contributed by atoms with Gasteiger partial charge >= 0.3 is 0 Å². The number of carbonyl (C=O) groups is 3. The fourth-order valence-corrected chi connectivity index (χ4v) is 3.89. The summed E-state index contributed by atoms with van der Waals surface area (Å²) in [6, 6.07) is 13.7. The molecule has 0 N–H and O–H groups in total. The van der Waals surface area contributed by atoms with E-state index in [0.29, 0.717) is 11.3 Å². The van der Waals surface area contributed by atoms with Crippen LogP contribution < -0.4 is 4.90 Å². The van der Waals surface area contributed by atoms with Crippen molar-refractivity contribution >= 4 is 46.0 Å². The molecule has 0 bridgehead atoms. The lowest BCUT2D eigenvalue weighted by Crippen LogP contribution is -2.54. The molecule has 1 unspecified atom stereocenters. The van der Waals surface area contributed by atoms with Crippen LogP contribution >= 0.6 is 22.6 Å². The Balaban J connectivity index is 1.99. The van der Waals surface area contributed by atoms with Crippen LogP contribution in [0, 0.1) is 10.5 Å². The molecular formula is C22H23IN2O3. The van der Waals surface area contributed by atoms with Gasteiger partial charge in [0.2, 0.25) is 5.91 Å². The average molecular weight is 490 g/mol. The quantitative estimate of drug-likeness (QED) is 0.480. The van der Waals surface area contributed by atoms with Crippen molar-refractivity contribution in [2.24, 2.45) is 0 Å². The number of rotatable bonds is 3. The van der Waals surface area contributed by atoms with E-state index in [1.165, 1.54) is 4.90 Å². The van der Waals surface area contributed by atoms with Gasteiger partial charge in [-0.05, 0) is 86.2 Å². The summed E-state index contributed by atoms with van der Waals surface area (Å²) >= 11 is 2.17. The second-order valence-corrected chi connectivity index (χ2v) is 9.17. The van der Waals surface area contributed by atoms with Crippen molar-refractivity contribution in [2.75, 3.05) is 4.90 Å². The zero-order valence-electron chi connectivity index (χ0n) is 16.4. The van der Waals surface area contributed by atoms with Crippen molar-refractivity contribution < 1.29 is 14.4 Å². The first kappa shape index (κ1) is 20.5. The first-order valence-electron chi connectivity index (χ1n) is 9.13. The van der Waals surface area contributed by atoms with E-state index in [-0.39, 0.29) is 24.1 Å². The molecule has 6 heteroatoms. The molecule has 28 heavy (non-hydrogen) atoms. The molecule has 2 aromatic rings. The molecule has 1 aliphatic rings. The van der Waals surface area contributed by atoms with Gasteiger partial charge in [-0.15, -0.1) is 0 Å². The Labute approximate surface area is 178 Å². The zero-order chi connectivity index (χ0) is 20.6. The normalized spacial score (nSPS) is 17.2. The number of imide groups is 1. The van der Waals surface area contributed by atoms with Crippen molar-refractivity contribution in [2.45, 2.75) is 45.7 Å². The lowest BCUT2D eigenvalue weighted by Gasteiger charge is -2.39. The molecule has 0 aliphatic carbocycles. The molecule has 0 saturated carbocycles. The molecule has 3 amide bonds. The van der Waals surface area contributed by atoms with E-state index in [1.807, 2.05) is 52.0 Å². The minimum Gasteiger partial charge on any atom is -0.321 e. The maximum Gasteiger partial charge on any atom is 0.257 e. The number of aryl methyl sites for hydroxylation is 1. The van der Waals surface area contributed by atoms with Gasteiger partial charge in [-0.2, -0.15) is 0 Å². The standard InChI is InChI=1S/C22H23IN2O3/c1-14-7-5-6-8-17(14)20(27)25(22(2,3)4)18-13-19(26)24(21(18)28)16-11-9-15(23)10-12-16/h5-12,18H,13H2,1-4H3. The van der Waals surface area contributed by atoms with E-state index in [4.69, 9.17) is 0 Å². The Morgan fingerprint density at radius 3 is 2.25 bits per heavy atom. The predicted octanol–water partition coefficient (Wildman–Crippen LogP) is 4.17. The third-order valence-corrected chi connectivity index (χ3v) is 5.56. The fraction of sp³-hybridized carbons (Fsp3) is 0.318. The summed E-state index contributed by atoms with van der Waals surface area (Å²) in [5.41, 5.74) is 1.30. The number of benzene rings is 2. The van der Waals surface area contributed by atoms with Crippen molar-refractivity contribution in [3.05, 3.63) is 63.2 Å². The van der Waals surface area contributed by atoms with Gasteiger partial charge in [0.15, 0.2) is 0 Å². The zero-order valence-corrected chi connectivity index (χ0v) is 18.6. The highest BCUT2D eigenvalue weighted by molar-refractivity contribution is 14.1. The third kappa shape index (κ3) is 3.83. The summed E-state index contributed by atoms with van der Waals surface area (Å²) < 4.78 is 1.02. The minimum absolute atomic E-state index is 0.0142. The number of halogens is 1. The van der Waals surface area contributed by atoms with Crippen molar-refractivity contribution in [3.63, 3.8) is 0 Å². The summed E-state index contributed by atoms with van der Waals surface area (Å²) in [5, 5.41) is 0. The van der Waals surface area contributed by atoms with E-state index in [2.05, 4.69) is 22.6 Å². The molecule has 1 saturated heterocycles. The molecule has 5 nitrogen and oxygen atoms in total. The first-order chi connectivity index (χ1) is 13.1. The van der Waals surface area contributed by atoms with Gasteiger partial charge in [0.05, 0.1) is 12.1 Å². The van der Waals surface area contributed by atoms with Crippen LogP contribution in [-0.4, -0.2) is 34.2 Å². The summed E-state index contributed by atoms with van der Waals surface area (Å²) in [6.45, 7) is 7.52. The molecule has 1 atom stereocenters. The van der Waals surface area contributed by atoms with Gasteiger partial charge in [0.25, 0.3) is 11.8 Å². The van der Waals surface area contributed by atoms with Crippen LogP contribution in [0.25, 0.3) is 0 Å². The molecule has 1 fully saturated rings. The smallest absolute Gasteiger partial charge is 0.257 e. The van der Waals surface area contributed by atoms with E-state index in [9.17, 15) is 14.4 Å². The molecular weight excluding hydrogens is 467 g/mol. The second-order valence-electron chi connectivity index (χ2n) is 7.92. The SMILES string of the molecule is Cc1ccccc1C(=O)N(C1CC(=O)N(c2ccc(I)cc2)C1=O)C(C)(C)C. The Hall–Kier alpha value is -2.22. The van der Waals surface area contributed by atoms with Gasteiger partial charge < -0.3 is 4.90 Å². The Morgan fingerprint density at radius 2 is 1.68 bits per heavy atom. The molecule has 3 rings (SSSR count). The van der Waals surface area contributed by atoms with Crippen molar-refractivity contribution in [3.8, 4) is 0 Å². The Bertz CT molecular complexity index is 932. The largest absolute Gasteiger partial charge is 0.321 e. The summed E-state index contributed by atoms with van der Waals surface area (Å²) in [6.07, 6.45) is -0.0142. The average Bonchev–Trinajstić information content (AvgIpc) is 2.89. The fourth-order valence-electron chi connectivity index (χ4n) is 3.54. The minimum atomic E-state index is -0.820. The molecule has 0 spiro atoms. The highest BCUT2D eigenvalue weighted by atomic mass is 127. The first-order valence-corrected chi connectivity index (χ1v) is 10.2. The number of nitrogens with zero attached hydrogens (tertiary/aromatic N) is 2. The van der Waals surface area contributed by atoms with Crippen LogP contribution in [0.3, 0.4) is 0 Å². The van der Waals surface area contributed by atoms with Gasteiger partial charge in [-0.1, -0.05) is 18.2 Å². The molecule has 1 heterocycles. The lowest BCUT2D eigenvalue weighted by atomic mass is 9.98. The highest BCUT2D eigenvalue weighted by Gasteiger charge is 2.47. The lowest BCUT2D eigenvalue weighted by molar-refractivity contribution is -0.123. The van der Waals surface area contributed by atoms with Gasteiger partial charge in [0, 0.05) is 14.7 Å². The Morgan fingerprint density at radius 1 is 1.07 bits per heavy atom. The third-order valence-electron chi connectivity index (χ3n) is 4.84. The van der Waals surface area contributed by atoms with Crippen LogP contribution in [0.1, 0.15) is 43.1 Å². The van der Waals surface area contributed by atoms with Crippen LogP contribution in [0.4, 0.5) is 5.69 Å². The number of hydrogen-bond acceptors (Lipinski definition) is 3. The van der Waals surface area contributed by atoms with E-state index < -0.39 is 11.6 Å². The number of anilines is 1. The van der Waals surface area contributed by atoms with Crippen LogP contribution in [0.2, 0.25) is 0 Å². The molecule has 2 aromatic carbocycles. The van der Waals surface area contributed by atoms with E-state index >= 15 is 0 Å². The van der Waals surface area contributed by atoms with Crippen LogP contribution in [-0.2, 0) is 9.59 Å². The summed E-state index contributed by atoms with van der Waals surface area (Å²) in [7, 11) is 0. The molecule has 0 radical (unpaired) electrons. The second kappa shape index (κ2) is 7.66. The van der Waals surface area contributed by atoms with Crippen molar-refractivity contribution in [1.29, 1.82) is 0 Å². The van der Waals surface area contributed by atoms with Crippen molar-refractivity contribution in [1.82, 2.24) is 4.90 Å². The summed E-state index contributed by atoms with van der Waals surface area (Å²) in [5.74, 6) is -0.882. The van der Waals surface area contributed by atoms with Gasteiger partial charge in [-0.25, -0.2) is 4.90 Å².